The summed E-state index contributed by atoms with van der Waals surface area (Å²) in [5.41, 5.74) is 18.4. The molecule has 0 bridgehead atoms. The summed E-state index contributed by atoms with van der Waals surface area (Å²) in [5, 5.41) is 9.15. The Hall–Kier alpha value is -3.84. The van der Waals surface area contributed by atoms with Crippen molar-refractivity contribution >= 4 is 139 Å². The number of benzene rings is 6. The van der Waals surface area contributed by atoms with E-state index in [9.17, 15) is 0 Å². The molecule has 6 aromatic rings. The van der Waals surface area contributed by atoms with Crippen LogP contribution < -0.4 is 49.0 Å². The summed E-state index contributed by atoms with van der Waals surface area (Å²) in [6.07, 6.45) is 0. The van der Waals surface area contributed by atoms with Crippen LogP contribution in [0, 0.1) is 0 Å². The monoisotopic (exact) mass is 517 g/mol. The number of nitrogens with one attached hydrogen (secondary N) is 1. The van der Waals surface area contributed by atoms with E-state index in [1.807, 2.05) is 0 Å². The van der Waals surface area contributed by atoms with Crippen molar-refractivity contribution in [3.05, 3.63) is 84.9 Å². The fourth-order valence-corrected chi connectivity index (χ4v) is 6.82. The summed E-state index contributed by atoms with van der Waals surface area (Å²) >= 11 is 0. The topological polar surface area (TPSA) is 12.0 Å². The van der Waals surface area contributed by atoms with Crippen molar-refractivity contribution in [1.29, 1.82) is 0 Å². The van der Waals surface area contributed by atoms with E-state index in [4.69, 9.17) is 0 Å². The van der Waals surface area contributed by atoms with E-state index in [0.29, 0.717) is 0 Å². The first kappa shape index (κ1) is 27.3. The molecule has 0 heterocycles. The molecular weight excluding hydrogens is 485 g/mol. The second-order valence-electron chi connectivity index (χ2n) is 11.7. The smallest absolute Gasteiger partial charge is 0.141 e. The molecule has 0 radical (unpaired) electrons. The maximum Gasteiger partial charge on any atom is 0.141 e. The highest BCUT2D eigenvalue weighted by atomic mass is 14.9. The van der Waals surface area contributed by atoms with Crippen LogP contribution in [0.3, 0.4) is 0 Å². The molecule has 41 heavy (non-hydrogen) atoms. The molecular formula is C32H31B8N. The zero-order valence-corrected chi connectivity index (χ0v) is 25.6. The second-order valence-corrected chi connectivity index (χ2v) is 11.7. The predicted molar refractivity (Wildman–Crippen MR) is 207 cm³/mol. The Morgan fingerprint density at radius 3 is 1.02 bits per heavy atom. The molecule has 0 aliphatic carbocycles. The van der Waals surface area contributed by atoms with Gasteiger partial charge in [0.1, 0.15) is 62.8 Å². The zero-order chi connectivity index (χ0) is 29.0. The average Bonchev–Trinajstić information content (AvgIpc) is 2.99. The Balaban J connectivity index is 1.51. The van der Waals surface area contributed by atoms with Crippen molar-refractivity contribution in [1.82, 2.24) is 0 Å². The number of anilines is 2. The van der Waals surface area contributed by atoms with Crippen LogP contribution in [0.1, 0.15) is 0 Å². The lowest BCUT2D eigenvalue weighted by Crippen LogP contribution is -2.48. The highest BCUT2D eigenvalue weighted by Crippen LogP contribution is 2.28. The molecule has 0 saturated carbocycles. The molecule has 0 atom stereocenters. The SMILES string of the molecule is Bc1c(B)c(-c2cccc3ccccc23)c(B)c(B)c1Nc1c(B)c(B)c(-c2cccc3ccccc23)c(B)c1B. The largest absolute Gasteiger partial charge is 0.357 e. The van der Waals surface area contributed by atoms with Crippen LogP contribution in [0.15, 0.2) is 84.9 Å². The van der Waals surface area contributed by atoms with E-state index >= 15 is 0 Å². The van der Waals surface area contributed by atoms with Gasteiger partial charge in [0.05, 0.1) is 0 Å². The average molecular weight is 516 g/mol. The van der Waals surface area contributed by atoms with E-state index in [-0.39, 0.29) is 0 Å². The van der Waals surface area contributed by atoms with Gasteiger partial charge in [-0.25, -0.2) is 0 Å². The molecule has 188 valence electrons. The van der Waals surface area contributed by atoms with Gasteiger partial charge in [-0.2, -0.15) is 0 Å². The van der Waals surface area contributed by atoms with Crippen LogP contribution in [0.5, 0.6) is 0 Å². The van der Waals surface area contributed by atoms with Gasteiger partial charge in [0.25, 0.3) is 0 Å². The van der Waals surface area contributed by atoms with Gasteiger partial charge in [-0.05, 0) is 43.8 Å². The van der Waals surface area contributed by atoms with Gasteiger partial charge in [0.2, 0.25) is 0 Å². The third kappa shape index (κ3) is 4.38. The Morgan fingerprint density at radius 2 is 0.659 bits per heavy atom. The maximum atomic E-state index is 3.97. The molecule has 0 fully saturated rings. The number of rotatable bonds is 4. The van der Waals surface area contributed by atoms with E-state index in [2.05, 4.69) is 153 Å². The molecule has 0 aromatic heterocycles. The molecule has 0 amide bonds. The molecule has 0 unspecified atom stereocenters. The van der Waals surface area contributed by atoms with Gasteiger partial charge < -0.3 is 5.32 Å². The summed E-state index contributed by atoms with van der Waals surface area (Å²) in [5.74, 6) is 0. The summed E-state index contributed by atoms with van der Waals surface area (Å²) < 4.78 is 0. The molecule has 1 N–H and O–H groups in total. The fraction of sp³-hybridized carbons (Fsp3) is 0. The first-order valence-electron chi connectivity index (χ1n) is 14.6. The van der Waals surface area contributed by atoms with Crippen molar-refractivity contribution in [2.24, 2.45) is 0 Å². The molecule has 0 aliphatic heterocycles. The minimum atomic E-state index is 1.23. The fourth-order valence-electron chi connectivity index (χ4n) is 6.82. The van der Waals surface area contributed by atoms with Crippen LogP contribution in [-0.2, 0) is 0 Å². The summed E-state index contributed by atoms with van der Waals surface area (Å²) in [6.45, 7) is 0. The Morgan fingerprint density at radius 1 is 0.341 bits per heavy atom. The number of hydrogen-bond donors (Lipinski definition) is 1. The molecule has 1 nitrogen and oxygen atoms in total. The van der Waals surface area contributed by atoms with Crippen LogP contribution in [0.4, 0.5) is 11.4 Å². The van der Waals surface area contributed by atoms with Crippen LogP contribution in [0.25, 0.3) is 43.8 Å². The van der Waals surface area contributed by atoms with Gasteiger partial charge in [-0.3, -0.25) is 0 Å². The zero-order valence-electron chi connectivity index (χ0n) is 25.6. The van der Waals surface area contributed by atoms with E-state index in [0.717, 1.165) is 0 Å². The molecule has 0 aliphatic rings. The lowest BCUT2D eigenvalue weighted by Gasteiger charge is -2.28. The molecule has 0 saturated heterocycles. The minimum absolute atomic E-state index is 1.23. The lowest BCUT2D eigenvalue weighted by atomic mass is 9.63. The van der Waals surface area contributed by atoms with E-state index in [1.165, 1.54) is 98.9 Å². The standard InChI is InChI=1S/C32H31B8N/c33-23-21(19-13-5-9-15-7-1-3-11-17(15)19)24(34)28(38)31(27(23)37)41-32-29(39)25(35)22(26(36)30(32)40)20-14-6-10-16-8-2-4-12-18(16)20/h1-14,41H,33-40H2. The lowest BCUT2D eigenvalue weighted by molar-refractivity contribution is 1.67. The van der Waals surface area contributed by atoms with Gasteiger partial charge >= 0.3 is 0 Å². The molecule has 6 rings (SSSR count). The third-order valence-corrected chi connectivity index (χ3v) is 9.62. The number of hydrogen-bond acceptors (Lipinski definition) is 1. The quantitative estimate of drug-likeness (QED) is 0.232. The van der Waals surface area contributed by atoms with Crippen LogP contribution >= 0.6 is 0 Å². The Bertz CT molecular complexity index is 1810. The predicted octanol–water partition coefficient (Wildman–Crippen LogP) is -4.86. The molecule has 0 spiro atoms. The van der Waals surface area contributed by atoms with Crippen molar-refractivity contribution in [3.8, 4) is 22.3 Å². The highest BCUT2D eigenvalue weighted by Gasteiger charge is 2.20. The summed E-state index contributed by atoms with van der Waals surface area (Å²) in [4.78, 5) is 0. The molecule has 9 heteroatoms. The Kier molecular flexibility index (Phi) is 7.02. The maximum absolute atomic E-state index is 3.97. The normalized spacial score (nSPS) is 11.2. The van der Waals surface area contributed by atoms with Crippen LogP contribution in [-0.4, -0.2) is 62.8 Å². The highest BCUT2D eigenvalue weighted by molar-refractivity contribution is 6.65. The van der Waals surface area contributed by atoms with Crippen molar-refractivity contribution < 1.29 is 0 Å². The van der Waals surface area contributed by atoms with E-state index < -0.39 is 0 Å². The van der Waals surface area contributed by atoms with Gasteiger partial charge in [0.15, 0.2) is 0 Å². The first-order valence-corrected chi connectivity index (χ1v) is 14.6. The van der Waals surface area contributed by atoms with Crippen LogP contribution in [0.2, 0.25) is 0 Å². The molecule has 6 aromatic carbocycles. The number of fused-ring (bicyclic) bond motifs is 2. The third-order valence-electron chi connectivity index (χ3n) is 9.62. The first-order chi connectivity index (χ1) is 19.7. The van der Waals surface area contributed by atoms with Crippen molar-refractivity contribution in [2.45, 2.75) is 0 Å². The van der Waals surface area contributed by atoms with E-state index in [1.54, 1.807) is 0 Å². The second kappa shape index (κ2) is 10.5. The van der Waals surface area contributed by atoms with Gasteiger partial charge in [0, 0.05) is 11.4 Å². The summed E-state index contributed by atoms with van der Waals surface area (Å²) in [6, 6.07) is 30.8. The van der Waals surface area contributed by atoms with Crippen molar-refractivity contribution in [2.75, 3.05) is 5.32 Å². The van der Waals surface area contributed by atoms with Crippen molar-refractivity contribution in [3.63, 3.8) is 0 Å². The minimum Gasteiger partial charge on any atom is -0.357 e. The summed E-state index contributed by atoms with van der Waals surface area (Å²) in [7, 11) is 18.2. The van der Waals surface area contributed by atoms with Gasteiger partial charge in [-0.15, -0.1) is 0 Å². The Labute approximate surface area is 251 Å². The van der Waals surface area contributed by atoms with Gasteiger partial charge in [-0.1, -0.05) is 129 Å².